The van der Waals surface area contributed by atoms with Crippen LogP contribution in [-0.4, -0.2) is 31.6 Å². The number of rotatable bonds is 7. The SMILES string of the molecule is C#CCOCCC(C(C)=O)C(=O)OCC. The summed E-state index contributed by atoms with van der Waals surface area (Å²) in [4.78, 5) is 22.4. The number of carbonyl (C=O) groups is 2. The molecule has 0 fully saturated rings. The molecule has 0 radical (unpaired) electrons. The van der Waals surface area contributed by atoms with Crippen LogP contribution in [0.1, 0.15) is 20.3 Å². The third kappa shape index (κ3) is 5.87. The van der Waals surface area contributed by atoms with E-state index in [1.54, 1.807) is 6.92 Å². The molecule has 84 valence electrons. The van der Waals surface area contributed by atoms with Gasteiger partial charge >= 0.3 is 5.97 Å². The van der Waals surface area contributed by atoms with Crippen molar-refractivity contribution in [2.24, 2.45) is 5.92 Å². The molecule has 0 aliphatic carbocycles. The molecule has 0 aliphatic heterocycles. The predicted octanol–water partition coefficient (Wildman–Crippen LogP) is 0.795. The first kappa shape index (κ1) is 13.7. The first-order chi connectivity index (χ1) is 7.13. The fraction of sp³-hybridized carbons (Fsp3) is 0.636. The number of carbonyl (C=O) groups excluding carboxylic acids is 2. The molecule has 0 saturated heterocycles. The zero-order chi connectivity index (χ0) is 11.7. The van der Waals surface area contributed by atoms with Crippen molar-refractivity contribution in [3.05, 3.63) is 0 Å². The van der Waals surface area contributed by atoms with E-state index >= 15 is 0 Å². The molecular formula is C11H16O4. The third-order valence-electron chi connectivity index (χ3n) is 1.80. The standard InChI is InChI=1S/C11H16O4/c1-4-7-14-8-6-10(9(3)12)11(13)15-5-2/h1,10H,5-8H2,2-3H3. The van der Waals surface area contributed by atoms with Crippen molar-refractivity contribution < 1.29 is 19.1 Å². The Bertz CT molecular complexity index is 252. The van der Waals surface area contributed by atoms with Gasteiger partial charge in [0.1, 0.15) is 18.3 Å². The number of esters is 1. The minimum Gasteiger partial charge on any atom is -0.465 e. The second-order valence-electron chi connectivity index (χ2n) is 2.96. The molecule has 0 heterocycles. The number of Topliss-reactive ketones (excluding diaryl/α,β-unsaturated/α-hetero) is 1. The van der Waals surface area contributed by atoms with Crippen molar-refractivity contribution in [2.45, 2.75) is 20.3 Å². The highest BCUT2D eigenvalue weighted by molar-refractivity contribution is 5.97. The van der Waals surface area contributed by atoms with Gasteiger partial charge in [-0.25, -0.2) is 0 Å². The summed E-state index contributed by atoms with van der Waals surface area (Å²) in [5.41, 5.74) is 0. The minimum absolute atomic E-state index is 0.188. The van der Waals surface area contributed by atoms with Crippen LogP contribution in [0.5, 0.6) is 0 Å². The van der Waals surface area contributed by atoms with Crippen LogP contribution in [-0.2, 0) is 19.1 Å². The fourth-order valence-electron chi connectivity index (χ4n) is 1.06. The van der Waals surface area contributed by atoms with Gasteiger partial charge < -0.3 is 9.47 Å². The van der Waals surface area contributed by atoms with E-state index in [0.29, 0.717) is 6.42 Å². The average Bonchev–Trinajstić information content (AvgIpc) is 2.17. The number of hydrogen-bond acceptors (Lipinski definition) is 4. The van der Waals surface area contributed by atoms with Crippen LogP contribution in [0, 0.1) is 18.3 Å². The molecule has 4 nitrogen and oxygen atoms in total. The first-order valence-electron chi connectivity index (χ1n) is 4.81. The first-order valence-corrected chi connectivity index (χ1v) is 4.81. The maximum Gasteiger partial charge on any atom is 0.316 e. The maximum atomic E-state index is 11.3. The lowest BCUT2D eigenvalue weighted by Crippen LogP contribution is -2.25. The third-order valence-corrected chi connectivity index (χ3v) is 1.80. The lowest BCUT2D eigenvalue weighted by molar-refractivity contribution is -0.151. The van der Waals surface area contributed by atoms with Gasteiger partial charge in [-0.3, -0.25) is 9.59 Å². The largest absolute Gasteiger partial charge is 0.465 e. The van der Waals surface area contributed by atoms with Crippen molar-refractivity contribution >= 4 is 11.8 Å². The van der Waals surface area contributed by atoms with E-state index in [1.807, 2.05) is 0 Å². The lowest BCUT2D eigenvalue weighted by Gasteiger charge is -2.11. The Kier molecular flexibility index (Phi) is 7.29. The summed E-state index contributed by atoms with van der Waals surface area (Å²) in [6.45, 7) is 3.81. The van der Waals surface area contributed by atoms with E-state index in [9.17, 15) is 9.59 Å². The molecule has 15 heavy (non-hydrogen) atoms. The topological polar surface area (TPSA) is 52.6 Å². The summed E-state index contributed by atoms with van der Waals surface area (Å²) in [5, 5.41) is 0. The molecule has 1 atom stereocenters. The highest BCUT2D eigenvalue weighted by Crippen LogP contribution is 2.07. The molecule has 0 N–H and O–H groups in total. The molecule has 0 saturated carbocycles. The van der Waals surface area contributed by atoms with Crippen LogP contribution < -0.4 is 0 Å². The Morgan fingerprint density at radius 1 is 1.47 bits per heavy atom. The molecule has 4 heteroatoms. The molecular weight excluding hydrogens is 196 g/mol. The minimum atomic E-state index is -0.734. The maximum absolute atomic E-state index is 11.3. The summed E-state index contributed by atoms with van der Waals surface area (Å²) < 4.78 is 9.76. The van der Waals surface area contributed by atoms with Crippen LogP contribution in [0.2, 0.25) is 0 Å². The van der Waals surface area contributed by atoms with Crippen LogP contribution in [0.3, 0.4) is 0 Å². The van der Waals surface area contributed by atoms with Gasteiger partial charge in [0.05, 0.1) is 6.61 Å². The molecule has 0 bridgehead atoms. The summed E-state index contributed by atoms with van der Waals surface area (Å²) in [5.74, 6) is 0.866. The van der Waals surface area contributed by atoms with Crippen molar-refractivity contribution in [2.75, 3.05) is 19.8 Å². The van der Waals surface area contributed by atoms with Gasteiger partial charge in [-0.2, -0.15) is 0 Å². The van der Waals surface area contributed by atoms with Crippen LogP contribution in [0.25, 0.3) is 0 Å². The Morgan fingerprint density at radius 3 is 2.60 bits per heavy atom. The van der Waals surface area contributed by atoms with E-state index in [-0.39, 0.29) is 25.6 Å². The Balaban J connectivity index is 4.00. The van der Waals surface area contributed by atoms with E-state index in [4.69, 9.17) is 15.9 Å². The quantitative estimate of drug-likeness (QED) is 0.271. The normalized spacial score (nSPS) is 11.5. The Hall–Kier alpha value is -1.34. The second kappa shape index (κ2) is 8.01. The Labute approximate surface area is 89.9 Å². The molecule has 1 unspecified atom stereocenters. The number of terminal acetylenes is 1. The fourth-order valence-corrected chi connectivity index (χ4v) is 1.06. The van der Waals surface area contributed by atoms with Crippen LogP contribution >= 0.6 is 0 Å². The van der Waals surface area contributed by atoms with Gasteiger partial charge in [0.25, 0.3) is 0 Å². The number of ketones is 1. The molecule has 0 aliphatic rings. The van der Waals surface area contributed by atoms with Gasteiger partial charge in [0, 0.05) is 6.61 Å². The zero-order valence-corrected chi connectivity index (χ0v) is 9.12. The predicted molar refractivity (Wildman–Crippen MR) is 55.1 cm³/mol. The van der Waals surface area contributed by atoms with Gasteiger partial charge in [0.2, 0.25) is 0 Å². The molecule has 0 aromatic rings. The van der Waals surface area contributed by atoms with E-state index < -0.39 is 11.9 Å². The number of hydrogen-bond donors (Lipinski definition) is 0. The van der Waals surface area contributed by atoms with Gasteiger partial charge in [-0.05, 0) is 20.3 Å². The summed E-state index contributed by atoms with van der Waals surface area (Å²) in [6.07, 6.45) is 5.29. The van der Waals surface area contributed by atoms with Crippen LogP contribution in [0.4, 0.5) is 0 Å². The van der Waals surface area contributed by atoms with Crippen molar-refractivity contribution in [3.63, 3.8) is 0 Å². The monoisotopic (exact) mass is 212 g/mol. The van der Waals surface area contributed by atoms with Crippen molar-refractivity contribution in [1.29, 1.82) is 0 Å². The smallest absolute Gasteiger partial charge is 0.316 e. The van der Waals surface area contributed by atoms with Crippen molar-refractivity contribution in [3.8, 4) is 12.3 Å². The second-order valence-corrected chi connectivity index (χ2v) is 2.96. The van der Waals surface area contributed by atoms with E-state index in [0.717, 1.165) is 0 Å². The summed E-state index contributed by atoms with van der Waals surface area (Å²) >= 11 is 0. The molecule has 0 spiro atoms. The van der Waals surface area contributed by atoms with Crippen LogP contribution in [0.15, 0.2) is 0 Å². The highest BCUT2D eigenvalue weighted by atomic mass is 16.5. The Morgan fingerprint density at radius 2 is 2.13 bits per heavy atom. The summed E-state index contributed by atoms with van der Waals surface area (Å²) in [6, 6.07) is 0. The highest BCUT2D eigenvalue weighted by Gasteiger charge is 2.23. The zero-order valence-electron chi connectivity index (χ0n) is 9.12. The summed E-state index contributed by atoms with van der Waals surface area (Å²) in [7, 11) is 0. The van der Waals surface area contributed by atoms with E-state index in [1.165, 1.54) is 6.92 Å². The average molecular weight is 212 g/mol. The van der Waals surface area contributed by atoms with Crippen molar-refractivity contribution in [1.82, 2.24) is 0 Å². The number of ether oxygens (including phenoxy) is 2. The van der Waals surface area contributed by atoms with Gasteiger partial charge in [0.15, 0.2) is 0 Å². The van der Waals surface area contributed by atoms with E-state index in [2.05, 4.69) is 5.92 Å². The van der Waals surface area contributed by atoms with Gasteiger partial charge in [-0.15, -0.1) is 6.42 Å². The molecule has 0 aromatic heterocycles. The molecule has 0 aromatic carbocycles. The molecule has 0 amide bonds. The van der Waals surface area contributed by atoms with Gasteiger partial charge in [-0.1, -0.05) is 5.92 Å². The molecule has 0 rings (SSSR count). The lowest BCUT2D eigenvalue weighted by atomic mass is 10.0.